The molecular weight excluding hydrogens is 459 g/mol. The van der Waals surface area contributed by atoms with Gasteiger partial charge in [0.25, 0.3) is 0 Å². The van der Waals surface area contributed by atoms with E-state index in [1.165, 1.54) is 12.1 Å². The number of hydrogen-bond acceptors (Lipinski definition) is 6. The number of benzene rings is 3. The zero-order valence-electron chi connectivity index (χ0n) is 19.6. The van der Waals surface area contributed by atoms with Crippen LogP contribution < -0.4 is 5.32 Å². The Balaban J connectivity index is 1.17. The minimum atomic E-state index is -0.319. The Hall–Kier alpha value is -4.17. The predicted molar refractivity (Wildman–Crippen MR) is 133 cm³/mol. The first-order chi connectivity index (χ1) is 17.6. The summed E-state index contributed by atoms with van der Waals surface area (Å²) >= 11 is 0. The fourth-order valence-corrected chi connectivity index (χ4v) is 4.35. The Kier molecular flexibility index (Phi) is 6.95. The quantitative estimate of drug-likeness (QED) is 0.373. The van der Waals surface area contributed by atoms with Crippen molar-refractivity contribution >= 4 is 17.4 Å². The van der Waals surface area contributed by atoms with Crippen LogP contribution in [0.2, 0.25) is 0 Å². The van der Waals surface area contributed by atoms with E-state index in [0.717, 1.165) is 0 Å². The second-order valence-electron chi connectivity index (χ2n) is 8.80. The van der Waals surface area contributed by atoms with Crippen LogP contribution in [-0.4, -0.2) is 39.8 Å². The monoisotopic (exact) mass is 484 g/mol. The molecule has 0 saturated carbocycles. The van der Waals surface area contributed by atoms with Crippen LogP contribution in [0.5, 0.6) is 0 Å². The summed E-state index contributed by atoms with van der Waals surface area (Å²) in [5.41, 5.74) is 2.27. The predicted octanol–water partition coefficient (Wildman–Crippen LogP) is 4.96. The molecule has 182 valence electrons. The maximum absolute atomic E-state index is 13.1. The molecule has 0 bridgehead atoms. The number of halogens is 1. The summed E-state index contributed by atoms with van der Waals surface area (Å²) in [5.74, 6) is 0.216. The van der Waals surface area contributed by atoms with E-state index in [4.69, 9.17) is 4.52 Å². The van der Waals surface area contributed by atoms with Gasteiger partial charge in [0.05, 0.1) is 12.2 Å². The third kappa shape index (κ3) is 5.39. The van der Waals surface area contributed by atoms with Crippen molar-refractivity contribution in [1.29, 1.82) is 0 Å². The van der Waals surface area contributed by atoms with Crippen molar-refractivity contribution in [3.63, 3.8) is 0 Å². The number of piperidine rings is 1. The highest BCUT2D eigenvalue weighted by Crippen LogP contribution is 2.24. The highest BCUT2D eigenvalue weighted by Gasteiger charge is 2.27. The maximum Gasteiger partial charge on any atom is 0.241 e. The molecule has 1 amide bonds. The number of carbonyl (C=O) groups is 2. The molecular formula is C28H25FN4O3. The zero-order chi connectivity index (χ0) is 24.9. The normalized spacial score (nSPS) is 14.5. The molecule has 7 nitrogen and oxygen atoms in total. The van der Waals surface area contributed by atoms with Crippen molar-refractivity contribution in [3.05, 3.63) is 102 Å². The van der Waals surface area contributed by atoms with E-state index in [1.807, 2.05) is 24.3 Å². The molecule has 1 aromatic heterocycles. The van der Waals surface area contributed by atoms with Gasteiger partial charge in [0, 0.05) is 22.6 Å². The van der Waals surface area contributed by atoms with Crippen LogP contribution in [0.4, 0.5) is 10.1 Å². The number of para-hydroxylation sites is 1. The second-order valence-corrected chi connectivity index (χ2v) is 8.80. The molecule has 3 aromatic carbocycles. The van der Waals surface area contributed by atoms with Crippen LogP contribution in [0.15, 0.2) is 83.4 Å². The van der Waals surface area contributed by atoms with Crippen LogP contribution in [0.1, 0.15) is 34.7 Å². The highest BCUT2D eigenvalue weighted by molar-refractivity contribution is 6.13. The van der Waals surface area contributed by atoms with E-state index in [2.05, 4.69) is 20.4 Å². The molecule has 1 aliphatic heterocycles. The number of ketones is 1. The maximum atomic E-state index is 13.1. The molecule has 0 spiro atoms. The first-order valence-corrected chi connectivity index (χ1v) is 11.9. The number of hydrogen-bond donors (Lipinski definition) is 1. The number of rotatable bonds is 7. The fraction of sp³-hybridized carbons (Fsp3) is 0.214. The van der Waals surface area contributed by atoms with Crippen molar-refractivity contribution in [2.45, 2.75) is 19.4 Å². The third-order valence-corrected chi connectivity index (χ3v) is 6.35. The molecule has 1 fully saturated rings. The summed E-state index contributed by atoms with van der Waals surface area (Å²) in [6.07, 6.45) is 1.36. The number of carbonyl (C=O) groups excluding carboxylic acids is 2. The van der Waals surface area contributed by atoms with Crippen molar-refractivity contribution in [2.75, 3.05) is 18.4 Å². The smallest absolute Gasteiger partial charge is 0.241 e. The average Bonchev–Trinajstić information content (AvgIpc) is 3.38. The van der Waals surface area contributed by atoms with Gasteiger partial charge in [0.1, 0.15) is 5.82 Å². The molecule has 1 saturated heterocycles. The molecule has 36 heavy (non-hydrogen) atoms. The molecule has 0 unspecified atom stereocenters. The lowest BCUT2D eigenvalue weighted by atomic mass is 9.95. The van der Waals surface area contributed by atoms with Gasteiger partial charge >= 0.3 is 0 Å². The van der Waals surface area contributed by atoms with Gasteiger partial charge in [-0.25, -0.2) is 4.39 Å². The van der Waals surface area contributed by atoms with Crippen LogP contribution in [0.3, 0.4) is 0 Å². The lowest BCUT2D eigenvalue weighted by molar-refractivity contribution is -0.121. The summed E-state index contributed by atoms with van der Waals surface area (Å²) in [4.78, 5) is 32.6. The van der Waals surface area contributed by atoms with Crippen molar-refractivity contribution in [3.8, 4) is 11.4 Å². The summed E-state index contributed by atoms with van der Waals surface area (Å²) in [5, 5.41) is 6.96. The second kappa shape index (κ2) is 10.6. The zero-order valence-corrected chi connectivity index (χ0v) is 19.6. The van der Waals surface area contributed by atoms with E-state index >= 15 is 0 Å². The summed E-state index contributed by atoms with van der Waals surface area (Å²) in [6, 6.07) is 22.1. The molecule has 4 aromatic rings. The largest absolute Gasteiger partial charge is 0.338 e. The van der Waals surface area contributed by atoms with Crippen molar-refractivity contribution < 1.29 is 18.5 Å². The van der Waals surface area contributed by atoms with Crippen LogP contribution >= 0.6 is 0 Å². The van der Waals surface area contributed by atoms with Crippen LogP contribution in [-0.2, 0) is 11.3 Å². The lowest BCUT2D eigenvalue weighted by Crippen LogP contribution is -2.38. The van der Waals surface area contributed by atoms with E-state index in [9.17, 15) is 14.0 Å². The average molecular weight is 485 g/mol. The van der Waals surface area contributed by atoms with Gasteiger partial charge in [-0.15, -0.1) is 0 Å². The Morgan fingerprint density at radius 1 is 0.944 bits per heavy atom. The molecule has 0 atom stereocenters. The van der Waals surface area contributed by atoms with Crippen LogP contribution in [0.25, 0.3) is 11.4 Å². The Morgan fingerprint density at radius 2 is 1.64 bits per heavy atom. The van der Waals surface area contributed by atoms with E-state index in [0.29, 0.717) is 66.6 Å². The lowest BCUT2D eigenvalue weighted by Gasteiger charge is -2.30. The molecule has 0 aliphatic carbocycles. The molecule has 8 heteroatoms. The summed E-state index contributed by atoms with van der Waals surface area (Å²) in [6.45, 7) is 1.89. The number of nitrogens with one attached hydrogen (secondary N) is 1. The minimum Gasteiger partial charge on any atom is -0.338 e. The number of amides is 1. The van der Waals surface area contributed by atoms with Gasteiger partial charge in [-0.05, 0) is 62.3 Å². The van der Waals surface area contributed by atoms with E-state index < -0.39 is 0 Å². The minimum absolute atomic E-state index is 0.0839. The van der Waals surface area contributed by atoms with Gasteiger partial charge in [0.2, 0.25) is 17.6 Å². The third-order valence-electron chi connectivity index (χ3n) is 6.35. The fourth-order valence-electron chi connectivity index (χ4n) is 4.35. The van der Waals surface area contributed by atoms with Crippen molar-refractivity contribution in [1.82, 2.24) is 15.0 Å². The van der Waals surface area contributed by atoms with Gasteiger partial charge in [-0.2, -0.15) is 4.98 Å². The molecule has 5 rings (SSSR count). The molecule has 2 heterocycles. The molecule has 0 radical (unpaired) electrons. The van der Waals surface area contributed by atoms with E-state index in [-0.39, 0.29) is 23.4 Å². The first kappa shape index (κ1) is 23.6. The standard InChI is InChI=1S/C28H25FN4O3/c29-22-12-10-20(11-13-22)27-31-25(36-32-27)18-33-16-14-21(15-17-33)28(35)30-24-9-5-4-8-23(24)26(34)19-6-2-1-3-7-19/h1-13,21H,14-18H2,(H,30,35). The number of likely N-dealkylation sites (tertiary alicyclic amines) is 1. The Labute approximate surface area is 207 Å². The highest BCUT2D eigenvalue weighted by atomic mass is 19.1. The van der Waals surface area contributed by atoms with Crippen LogP contribution in [0, 0.1) is 11.7 Å². The number of aromatic nitrogens is 2. The van der Waals surface area contributed by atoms with Crippen molar-refractivity contribution in [2.24, 2.45) is 5.92 Å². The van der Waals surface area contributed by atoms with Gasteiger partial charge < -0.3 is 9.84 Å². The van der Waals surface area contributed by atoms with Gasteiger partial charge in [-0.1, -0.05) is 47.6 Å². The summed E-state index contributed by atoms with van der Waals surface area (Å²) in [7, 11) is 0. The topological polar surface area (TPSA) is 88.3 Å². The number of nitrogens with zero attached hydrogens (tertiary/aromatic N) is 3. The Morgan fingerprint density at radius 3 is 2.39 bits per heavy atom. The molecule has 1 N–H and O–H groups in total. The summed E-state index contributed by atoms with van der Waals surface area (Å²) < 4.78 is 18.5. The van der Waals surface area contributed by atoms with Gasteiger partial charge in [-0.3, -0.25) is 14.5 Å². The van der Waals surface area contributed by atoms with E-state index in [1.54, 1.807) is 42.5 Å². The number of anilines is 1. The first-order valence-electron chi connectivity index (χ1n) is 11.9. The SMILES string of the molecule is O=C(c1ccccc1)c1ccccc1NC(=O)C1CCN(Cc2nc(-c3ccc(F)cc3)no2)CC1. The molecule has 1 aliphatic rings. The van der Waals surface area contributed by atoms with Gasteiger partial charge in [0.15, 0.2) is 5.78 Å². The Bertz CT molecular complexity index is 1350.